The van der Waals surface area contributed by atoms with Gasteiger partial charge in [0.2, 0.25) is 0 Å². The molecule has 0 radical (unpaired) electrons. The summed E-state index contributed by atoms with van der Waals surface area (Å²) >= 11 is 0. The maximum absolute atomic E-state index is 12.8. The maximum atomic E-state index is 12.8. The molecule has 0 spiro atoms. The van der Waals surface area contributed by atoms with Gasteiger partial charge in [0.25, 0.3) is 5.91 Å². The molecular weight excluding hydrogens is 314 g/mol. The second-order valence-electron chi connectivity index (χ2n) is 6.55. The Morgan fingerprint density at radius 3 is 2.48 bits per heavy atom. The van der Waals surface area contributed by atoms with Gasteiger partial charge in [0, 0.05) is 23.8 Å². The molecule has 25 heavy (non-hydrogen) atoms. The van der Waals surface area contributed by atoms with Gasteiger partial charge >= 0.3 is 6.03 Å². The predicted octanol–water partition coefficient (Wildman–Crippen LogP) is 3.80. The van der Waals surface area contributed by atoms with Gasteiger partial charge in [-0.2, -0.15) is 0 Å². The van der Waals surface area contributed by atoms with Crippen molar-refractivity contribution in [1.82, 2.24) is 10.2 Å². The summed E-state index contributed by atoms with van der Waals surface area (Å²) in [4.78, 5) is 26.5. The third-order valence-electron chi connectivity index (χ3n) is 4.25. The molecular formula is C20H23N3O2. The van der Waals surface area contributed by atoms with Crippen molar-refractivity contribution >= 4 is 17.6 Å². The number of anilines is 1. The maximum Gasteiger partial charge on any atom is 0.319 e. The van der Waals surface area contributed by atoms with Crippen LogP contribution in [0.25, 0.3) is 0 Å². The van der Waals surface area contributed by atoms with E-state index < -0.39 is 0 Å². The Labute approximate surface area is 148 Å². The highest BCUT2D eigenvalue weighted by atomic mass is 16.2. The average Bonchev–Trinajstić information content (AvgIpc) is 2.54. The highest BCUT2D eigenvalue weighted by Crippen LogP contribution is 2.34. The molecule has 1 saturated heterocycles. The van der Waals surface area contributed by atoms with E-state index in [-0.39, 0.29) is 24.0 Å². The van der Waals surface area contributed by atoms with Gasteiger partial charge in [-0.25, -0.2) is 4.79 Å². The number of carbonyl (C=O) groups is 2. The molecule has 5 heteroatoms. The Bertz CT molecular complexity index is 759. The molecule has 2 aromatic rings. The molecule has 0 saturated carbocycles. The minimum absolute atomic E-state index is 0.00646. The third-order valence-corrected chi connectivity index (χ3v) is 4.25. The highest BCUT2D eigenvalue weighted by molar-refractivity contribution is 5.97. The predicted molar refractivity (Wildman–Crippen MR) is 98.6 cm³/mol. The number of urea groups is 1. The number of benzene rings is 2. The van der Waals surface area contributed by atoms with Crippen LogP contribution in [-0.2, 0) is 0 Å². The normalized spacial score (nSPS) is 16.3. The summed E-state index contributed by atoms with van der Waals surface area (Å²) in [5.74, 6) is -0.00646. The van der Waals surface area contributed by atoms with Gasteiger partial charge in [0.15, 0.2) is 0 Å². The van der Waals surface area contributed by atoms with E-state index in [4.69, 9.17) is 0 Å². The van der Waals surface area contributed by atoms with Crippen LogP contribution in [0, 0.1) is 0 Å². The molecule has 0 bridgehead atoms. The number of carbonyl (C=O) groups excluding carboxylic acids is 2. The second kappa shape index (κ2) is 7.38. The molecule has 1 fully saturated rings. The molecule has 0 aromatic heterocycles. The van der Waals surface area contributed by atoms with Crippen molar-refractivity contribution in [3.05, 3.63) is 65.7 Å². The first-order chi connectivity index (χ1) is 12.0. The van der Waals surface area contributed by atoms with Gasteiger partial charge in [0.05, 0.1) is 6.04 Å². The van der Waals surface area contributed by atoms with E-state index in [1.165, 1.54) is 0 Å². The molecule has 1 unspecified atom stereocenters. The van der Waals surface area contributed by atoms with E-state index >= 15 is 0 Å². The van der Waals surface area contributed by atoms with E-state index in [0.717, 1.165) is 18.5 Å². The monoisotopic (exact) mass is 337 g/mol. The first-order valence-corrected chi connectivity index (χ1v) is 8.58. The topological polar surface area (TPSA) is 61.4 Å². The Morgan fingerprint density at radius 1 is 1.08 bits per heavy atom. The van der Waals surface area contributed by atoms with Gasteiger partial charge in [-0.3, -0.25) is 4.79 Å². The molecule has 1 aliphatic rings. The number of rotatable bonds is 4. The third kappa shape index (κ3) is 3.99. The lowest BCUT2D eigenvalue weighted by Crippen LogP contribution is -2.45. The molecule has 3 rings (SSSR count). The minimum atomic E-state index is -0.272. The Hall–Kier alpha value is -2.82. The SMILES string of the molecule is CC(C)NC(=O)Nc1cccc(C(=O)N2CCC2c2ccccc2)c1. The van der Waals surface area contributed by atoms with Crippen LogP contribution >= 0.6 is 0 Å². The van der Waals surface area contributed by atoms with Crippen molar-refractivity contribution in [2.24, 2.45) is 0 Å². The number of hydrogen-bond acceptors (Lipinski definition) is 2. The molecule has 1 heterocycles. The Kier molecular flexibility index (Phi) is 5.03. The molecule has 3 amide bonds. The molecule has 5 nitrogen and oxygen atoms in total. The Balaban J connectivity index is 1.70. The van der Waals surface area contributed by atoms with Crippen molar-refractivity contribution in [3.63, 3.8) is 0 Å². The van der Waals surface area contributed by atoms with Crippen LogP contribution in [0.1, 0.15) is 42.2 Å². The quantitative estimate of drug-likeness (QED) is 0.891. The van der Waals surface area contributed by atoms with Gasteiger partial charge in [-0.15, -0.1) is 0 Å². The van der Waals surface area contributed by atoms with E-state index in [0.29, 0.717) is 11.3 Å². The van der Waals surface area contributed by atoms with Crippen molar-refractivity contribution in [1.29, 1.82) is 0 Å². The van der Waals surface area contributed by atoms with Crippen LogP contribution in [0.4, 0.5) is 10.5 Å². The van der Waals surface area contributed by atoms with Gasteiger partial charge in [-0.1, -0.05) is 36.4 Å². The number of hydrogen-bond donors (Lipinski definition) is 2. The Morgan fingerprint density at radius 2 is 1.84 bits per heavy atom. The summed E-state index contributed by atoms with van der Waals surface area (Å²) in [6.07, 6.45) is 0.977. The number of nitrogens with zero attached hydrogens (tertiary/aromatic N) is 1. The van der Waals surface area contributed by atoms with Gasteiger partial charge in [-0.05, 0) is 44.0 Å². The van der Waals surface area contributed by atoms with Crippen LogP contribution in [0.15, 0.2) is 54.6 Å². The first-order valence-electron chi connectivity index (χ1n) is 8.58. The summed E-state index contributed by atoms with van der Waals surface area (Å²) < 4.78 is 0. The minimum Gasteiger partial charge on any atom is -0.336 e. The summed E-state index contributed by atoms with van der Waals surface area (Å²) in [5.41, 5.74) is 2.36. The first kappa shape index (κ1) is 17.0. The molecule has 130 valence electrons. The lowest BCUT2D eigenvalue weighted by molar-refractivity contribution is 0.0460. The van der Waals surface area contributed by atoms with E-state index in [2.05, 4.69) is 22.8 Å². The molecule has 2 N–H and O–H groups in total. The second-order valence-corrected chi connectivity index (χ2v) is 6.55. The fourth-order valence-corrected chi connectivity index (χ4v) is 2.98. The fourth-order valence-electron chi connectivity index (χ4n) is 2.98. The van der Waals surface area contributed by atoms with Crippen LogP contribution in [0.5, 0.6) is 0 Å². The zero-order valence-electron chi connectivity index (χ0n) is 14.5. The van der Waals surface area contributed by atoms with Crippen molar-refractivity contribution in [2.75, 3.05) is 11.9 Å². The van der Waals surface area contributed by atoms with Crippen molar-refractivity contribution in [2.45, 2.75) is 32.4 Å². The summed E-state index contributed by atoms with van der Waals surface area (Å²) in [7, 11) is 0. The van der Waals surface area contributed by atoms with Crippen LogP contribution in [0.2, 0.25) is 0 Å². The lowest BCUT2D eigenvalue weighted by Gasteiger charge is -2.41. The summed E-state index contributed by atoms with van der Waals surface area (Å²) in [5, 5.41) is 5.53. The summed E-state index contributed by atoms with van der Waals surface area (Å²) in [6.45, 7) is 4.55. The number of nitrogens with one attached hydrogen (secondary N) is 2. The highest BCUT2D eigenvalue weighted by Gasteiger charge is 2.33. The molecule has 1 aliphatic heterocycles. The van der Waals surface area contributed by atoms with E-state index in [1.807, 2.05) is 36.9 Å². The molecule has 0 aliphatic carbocycles. The van der Waals surface area contributed by atoms with Crippen molar-refractivity contribution < 1.29 is 9.59 Å². The van der Waals surface area contributed by atoms with Crippen molar-refractivity contribution in [3.8, 4) is 0 Å². The number of amides is 3. The molecule has 1 atom stereocenters. The zero-order chi connectivity index (χ0) is 17.8. The largest absolute Gasteiger partial charge is 0.336 e. The smallest absolute Gasteiger partial charge is 0.319 e. The van der Waals surface area contributed by atoms with Gasteiger partial charge < -0.3 is 15.5 Å². The van der Waals surface area contributed by atoms with Crippen LogP contribution in [0.3, 0.4) is 0 Å². The zero-order valence-corrected chi connectivity index (χ0v) is 14.5. The van der Waals surface area contributed by atoms with Crippen LogP contribution < -0.4 is 10.6 Å². The van der Waals surface area contributed by atoms with E-state index in [9.17, 15) is 9.59 Å². The van der Waals surface area contributed by atoms with E-state index in [1.54, 1.807) is 24.3 Å². The standard InChI is InChI=1S/C20H23N3O2/c1-14(2)21-20(25)22-17-10-6-9-16(13-17)19(24)23-12-11-18(23)15-7-4-3-5-8-15/h3-10,13-14,18H,11-12H2,1-2H3,(H2,21,22,25). The molecule has 2 aromatic carbocycles. The lowest BCUT2D eigenvalue weighted by atomic mass is 9.93. The van der Waals surface area contributed by atoms with Gasteiger partial charge in [0.1, 0.15) is 0 Å². The average molecular weight is 337 g/mol. The van der Waals surface area contributed by atoms with Crippen LogP contribution in [-0.4, -0.2) is 29.4 Å². The fraction of sp³-hybridized carbons (Fsp3) is 0.300. The number of likely N-dealkylation sites (tertiary alicyclic amines) is 1. The summed E-state index contributed by atoms with van der Waals surface area (Å²) in [6, 6.07) is 17.1.